The summed E-state index contributed by atoms with van der Waals surface area (Å²) in [5, 5.41) is 0. The van der Waals surface area contributed by atoms with Crippen LogP contribution in [0.2, 0.25) is 0 Å². The first-order valence-electron chi connectivity index (χ1n) is 6.72. The average Bonchev–Trinajstić information content (AvgIpc) is 2.86. The molecular formula is C14H19N5. The molecule has 0 N–H and O–H groups in total. The van der Waals surface area contributed by atoms with Crippen LogP contribution in [0.15, 0.2) is 24.8 Å². The van der Waals surface area contributed by atoms with Gasteiger partial charge in [0, 0.05) is 50.7 Å². The van der Waals surface area contributed by atoms with Crippen molar-refractivity contribution in [1.82, 2.24) is 19.5 Å². The molecule has 100 valence electrons. The molecule has 3 heterocycles. The van der Waals surface area contributed by atoms with Crippen molar-refractivity contribution in [3.05, 3.63) is 36.3 Å². The summed E-state index contributed by atoms with van der Waals surface area (Å²) in [4.78, 5) is 15.1. The van der Waals surface area contributed by atoms with E-state index in [9.17, 15) is 0 Å². The molecule has 19 heavy (non-hydrogen) atoms. The number of rotatable bonds is 3. The van der Waals surface area contributed by atoms with E-state index in [0.717, 1.165) is 31.0 Å². The van der Waals surface area contributed by atoms with E-state index in [4.69, 9.17) is 0 Å². The van der Waals surface area contributed by atoms with Gasteiger partial charge in [-0.25, -0.2) is 15.0 Å². The highest BCUT2D eigenvalue weighted by molar-refractivity contribution is 5.37. The lowest BCUT2D eigenvalue weighted by molar-refractivity contribution is 0.368. The van der Waals surface area contributed by atoms with E-state index in [0.29, 0.717) is 5.92 Å². The van der Waals surface area contributed by atoms with E-state index in [2.05, 4.69) is 37.7 Å². The third-order valence-electron chi connectivity index (χ3n) is 3.75. The Labute approximate surface area is 113 Å². The van der Waals surface area contributed by atoms with Crippen molar-refractivity contribution in [2.45, 2.75) is 26.3 Å². The predicted molar refractivity (Wildman–Crippen MR) is 74.1 cm³/mol. The summed E-state index contributed by atoms with van der Waals surface area (Å²) in [6.07, 6.45) is 7.89. The smallest absolute Gasteiger partial charge is 0.131 e. The van der Waals surface area contributed by atoms with Gasteiger partial charge in [0.25, 0.3) is 0 Å². The van der Waals surface area contributed by atoms with Crippen molar-refractivity contribution in [3.63, 3.8) is 0 Å². The molecule has 0 saturated carbocycles. The molecule has 1 unspecified atom stereocenters. The maximum atomic E-state index is 4.37. The summed E-state index contributed by atoms with van der Waals surface area (Å²) in [7, 11) is 2.10. The Hall–Kier alpha value is -1.91. The minimum atomic E-state index is 0.655. The van der Waals surface area contributed by atoms with E-state index in [-0.39, 0.29) is 0 Å². The van der Waals surface area contributed by atoms with Gasteiger partial charge in [0.15, 0.2) is 0 Å². The molecule has 2 aromatic rings. The van der Waals surface area contributed by atoms with Crippen LogP contribution in [0.5, 0.6) is 0 Å². The summed E-state index contributed by atoms with van der Waals surface area (Å²) in [6.45, 7) is 4.08. The average molecular weight is 257 g/mol. The van der Waals surface area contributed by atoms with Gasteiger partial charge in [0.1, 0.15) is 18.0 Å². The maximum Gasteiger partial charge on any atom is 0.131 e. The van der Waals surface area contributed by atoms with E-state index in [1.807, 2.05) is 19.2 Å². The zero-order valence-corrected chi connectivity index (χ0v) is 11.5. The molecule has 5 nitrogen and oxygen atoms in total. The fourth-order valence-electron chi connectivity index (χ4n) is 2.72. The summed E-state index contributed by atoms with van der Waals surface area (Å²) in [5.41, 5.74) is 1.01. The van der Waals surface area contributed by atoms with Crippen LogP contribution in [0.1, 0.15) is 17.9 Å². The van der Waals surface area contributed by atoms with Crippen LogP contribution in [0, 0.1) is 12.8 Å². The van der Waals surface area contributed by atoms with Crippen LogP contribution in [-0.2, 0) is 13.0 Å². The number of hydrogen-bond donors (Lipinski definition) is 0. The van der Waals surface area contributed by atoms with Crippen LogP contribution < -0.4 is 4.90 Å². The number of anilines is 1. The zero-order chi connectivity index (χ0) is 13.2. The fourth-order valence-corrected chi connectivity index (χ4v) is 2.72. The minimum absolute atomic E-state index is 0.655. The Bertz CT molecular complexity index is 562. The number of aryl methyl sites for hydroxylation is 2. The standard InChI is InChI=1S/C14H19N5/c1-11-7-14(17-10-16-11)18(2)8-12-3-4-13-15-5-6-19(13)9-12/h5-7,10,12H,3-4,8-9H2,1-2H3. The SMILES string of the molecule is Cc1cc(N(C)CC2CCc3nccn3C2)ncn1. The number of fused-ring (bicyclic) bond motifs is 1. The number of hydrogen-bond acceptors (Lipinski definition) is 4. The highest BCUT2D eigenvalue weighted by Crippen LogP contribution is 2.21. The molecule has 0 bridgehead atoms. The first-order chi connectivity index (χ1) is 9.22. The largest absolute Gasteiger partial charge is 0.359 e. The molecule has 3 rings (SSSR count). The molecule has 2 aromatic heterocycles. The van der Waals surface area contributed by atoms with E-state index in [1.54, 1.807) is 6.33 Å². The lowest BCUT2D eigenvalue weighted by Gasteiger charge is -2.28. The molecule has 1 atom stereocenters. The lowest BCUT2D eigenvalue weighted by atomic mass is 9.99. The second-order valence-corrected chi connectivity index (χ2v) is 5.30. The molecule has 0 spiro atoms. The summed E-state index contributed by atoms with van der Waals surface area (Å²) < 4.78 is 2.27. The first kappa shape index (κ1) is 12.1. The Morgan fingerprint density at radius 1 is 1.37 bits per heavy atom. The highest BCUT2D eigenvalue weighted by atomic mass is 15.2. The van der Waals surface area contributed by atoms with Crippen molar-refractivity contribution < 1.29 is 0 Å². The van der Waals surface area contributed by atoms with Gasteiger partial charge < -0.3 is 9.47 Å². The van der Waals surface area contributed by atoms with E-state index >= 15 is 0 Å². The molecule has 0 fully saturated rings. The second kappa shape index (κ2) is 4.99. The van der Waals surface area contributed by atoms with Gasteiger partial charge in [0.2, 0.25) is 0 Å². The number of nitrogens with zero attached hydrogens (tertiary/aromatic N) is 5. The second-order valence-electron chi connectivity index (χ2n) is 5.30. The zero-order valence-electron chi connectivity index (χ0n) is 11.5. The van der Waals surface area contributed by atoms with Gasteiger partial charge in [-0.3, -0.25) is 0 Å². The quantitative estimate of drug-likeness (QED) is 0.839. The summed E-state index contributed by atoms with van der Waals surface area (Å²) >= 11 is 0. The maximum absolute atomic E-state index is 4.37. The van der Waals surface area contributed by atoms with Gasteiger partial charge in [-0.1, -0.05) is 0 Å². The third-order valence-corrected chi connectivity index (χ3v) is 3.75. The van der Waals surface area contributed by atoms with Gasteiger partial charge in [-0.15, -0.1) is 0 Å². The monoisotopic (exact) mass is 257 g/mol. The van der Waals surface area contributed by atoms with Gasteiger partial charge in [0.05, 0.1) is 0 Å². The first-order valence-corrected chi connectivity index (χ1v) is 6.72. The van der Waals surface area contributed by atoms with Crippen molar-refractivity contribution in [2.75, 3.05) is 18.5 Å². The fraction of sp³-hybridized carbons (Fsp3) is 0.500. The van der Waals surface area contributed by atoms with Crippen molar-refractivity contribution >= 4 is 5.82 Å². The summed E-state index contributed by atoms with van der Waals surface area (Å²) in [6, 6.07) is 2.03. The van der Waals surface area contributed by atoms with Gasteiger partial charge in [-0.05, 0) is 19.3 Å². The molecule has 1 aliphatic rings. The topological polar surface area (TPSA) is 46.8 Å². The molecule has 0 aliphatic carbocycles. The van der Waals surface area contributed by atoms with Crippen molar-refractivity contribution in [3.8, 4) is 0 Å². The highest BCUT2D eigenvalue weighted by Gasteiger charge is 2.20. The summed E-state index contributed by atoms with van der Waals surface area (Å²) in [5.74, 6) is 2.88. The number of imidazole rings is 1. The molecule has 0 radical (unpaired) electrons. The molecule has 0 saturated heterocycles. The normalized spacial score (nSPS) is 18.1. The minimum Gasteiger partial charge on any atom is -0.359 e. The van der Waals surface area contributed by atoms with Crippen LogP contribution in [-0.4, -0.2) is 33.1 Å². The van der Waals surface area contributed by atoms with Crippen LogP contribution in [0.3, 0.4) is 0 Å². The molecule has 1 aliphatic heterocycles. The third kappa shape index (κ3) is 2.59. The Morgan fingerprint density at radius 3 is 3.11 bits per heavy atom. The number of aromatic nitrogens is 4. The Kier molecular flexibility index (Phi) is 3.19. The van der Waals surface area contributed by atoms with Gasteiger partial charge >= 0.3 is 0 Å². The van der Waals surface area contributed by atoms with Crippen LogP contribution in [0.25, 0.3) is 0 Å². The van der Waals surface area contributed by atoms with Crippen molar-refractivity contribution in [2.24, 2.45) is 5.92 Å². The van der Waals surface area contributed by atoms with E-state index < -0.39 is 0 Å². The Morgan fingerprint density at radius 2 is 2.26 bits per heavy atom. The van der Waals surface area contributed by atoms with Crippen molar-refractivity contribution in [1.29, 1.82) is 0 Å². The lowest BCUT2D eigenvalue weighted by Crippen LogP contribution is -2.32. The van der Waals surface area contributed by atoms with E-state index in [1.165, 1.54) is 12.2 Å². The molecular weight excluding hydrogens is 238 g/mol. The Balaban J connectivity index is 1.66. The molecule has 5 heteroatoms. The van der Waals surface area contributed by atoms with Crippen LogP contribution in [0.4, 0.5) is 5.82 Å². The molecule has 0 aromatic carbocycles. The van der Waals surface area contributed by atoms with Crippen LogP contribution >= 0.6 is 0 Å². The van der Waals surface area contributed by atoms with Gasteiger partial charge in [-0.2, -0.15) is 0 Å². The predicted octanol–water partition coefficient (Wildman–Crippen LogP) is 1.68. The molecule has 0 amide bonds.